The lowest BCUT2D eigenvalue weighted by Gasteiger charge is -2.35. The number of piperazine rings is 1. The largest absolute Gasteiger partial charge is 0.493 e. The smallest absolute Gasteiger partial charge is 0.254 e. The molecule has 0 bridgehead atoms. The molecule has 154 valence electrons. The summed E-state index contributed by atoms with van der Waals surface area (Å²) in [5.74, 6) is 1.52. The molecule has 1 aliphatic heterocycles. The number of rotatable bonds is 7. The first kappa shape index (κ1) is 20.5. The van der Waals surface area contributed by atoms with Gasteiger partial charge in [0.05, 0.1) is 21.3 Å². The molecule has 6 heteroatoms. The zero-order valence-electron chi connectivity index (χ0n) is 17.3. The number of nitrogens with zero attached hydrogens (tertiary/aromatic N) is 2. The van der Waals surface area contributed by atoms with Crippen molar-refractivity contribution in [2.45, 2.75) is 32.1 Å². The number of amides is 1. The summed E-state index contributed by atoms with van der Waals surface area (Å²) < 4.78 is 16.1. The van der Waals surface area contributed by atoms with E-state index in [0.29, 0.717) is 22.8 Å². The Morgan fingerprint density at radius 2 is 1.64 bits per heavy atom. The van der Waals surface area contributed by atoms with Gasteiger partial charge in [-0.2, -0.15) is 0 Å². The number of hydrogen-bond acceptors (Lipinski definition) is 5. The fourth-order valence-electron chi connectivity index (χ4n) is 4.00. The second kappa shape index (κ2) is 9.82. The van der Waals surface area contributed by atoms with Gasteiger partial charge < -0.3 is 19.1 Å². The van der Waals surface area contributed by atoms with Crippen molar-refractivity contribution in [3.05, 3.63) is 29.3 Å². The lowest BCUT2D eigenvalue weighted by atomic mass is 9.97. The van der Waals surface area contributed by atoms with E-state index in [9.17, 15) is 4.79 Å². The fourth-order valence-corrected chi connectivity index (χ4v) is 4.00. The van der Waals surface area contributed by atoms with Crippen molar-refractivity contribution in [1.29, 1.82) is 0 Å². The molecule has 1 amide bonds. The first-order chi connectivity index (χ1) is 13.7. The third-order valence-electron chi connectivity index (χ3n) is 5.71. The summed E-state index contributed by atoms with van der Waals surface area (Å²) in [4.78, 5) is 17.4. The van der Waals surface area contributed by atoms with Crippen LogP contribution >= 0.6 is 0 Å². The molecule has 6 nitrogen and oxygen atoms in total. The minimum Gasteiger partial charge on any atom is -0.493 e. The molecule has 3 rings (SSSR count). The van der Waals surface area contributed by atoms with Gasteiger partial charge in [-0.15, -0.1) is 0 Å². The van der Waals surface area contributed by atoms with Crippen LogP contribution in [0.1, 0.15) is 42.5 Å². The molecule has 28 heavy (non-hydrogen) atoms. The van der Waals surface area contributed by atoms with Gasteiger partial charge in [-0.3, -0.25) is 9.69 Å². The summed E-state index contributed by atoms with van der Waals surface area (Å²) in [7, 11) is 4.68. The van der Waals surface area contributed by atoms with Crippen molar-refractivity contribution in [2.75, 3.05) is 54.1 Å². The topological polar surface area (TPSA) is 51.2 Å². The van der Waals surface area contributed by atoms with Crippen LogP contribution in [0.4, 0.5) is 0 Å². The molecule has 1 aliphatic carbocycles. The molecular formula is C22H32N2O4. The fraction of sp³-hybridized carbons (Fsp3) is 0.591. The summed E-state index contributed by atoms with van der Waals surface area (Å²) in [6, 6.07) is 3.46. The highest BCUT2D eigenvalue weighted by molar-refractivity contribution is 5.95. The Balaban J connectivity index is 1.58. The Bertz CT molecular complexity index is 683. The minimum atomic E-state index is 0.00823. The van der Waals surface area contributed by atoms with Crippen LogP contribution in [-0.2, 0) is 0 Å². The normalized spacial score (nSPS) is 17.8. The van der Waals surface area contributed by atoms with Crippen LogP contribution in [-0.4, -0.2) is 69.8 Å². The van der Waals surface area contributed by atoms with Crippen LogP contribution in [0.3, 0.4) is 0 Å². The first-order valence-corrected chi connectivity index (χ1v) is 10.2. The Morgan fingerprint density at radius 1 is 0.964 bits per heavy atom. The van der Waals surface area contributed by atoms with Gasteiger partial charge >= 0.3 is 0 Å². The lowest BCUT2D eigenvalue weighted by molar-refractivity contribution is 0.0637. The highest BCUT2D eigenvalue weighted by atomic mass is 16.5. The number of carbonyl (C=O) groups excluding carboxylic acids is 1. The van der Waals surface area contributed by atoms with E-state index in [1.807, 2.05) is 4.90 Å². The molecule has 1 saturated heterocycles. The van der Waals surface area contributed by atoms with Gasteiger partial charge in [-0.25, -0.2) is 0 Å². The SMILES string of the molecule is COc1cc(C(=O)N2CCN(CCC3=CCCCC3)CC2)cc(OC)c1OC. The predicted octanol–water partition coefficient (Wildman–Crippen LogP) is 3.36. The molecule has 1 heterocycles. The Labute approximate surface area is 168 Å². The number of carbonyl (C=O) groups is 1. The van der Waals surface area contributed by atoms with E-state index in [2.05, 4.69) is 11.0 Å². The quantitative estimate of drug-likeness (QED) is 0.671. The van der Waals surface area contributed by atoms with Crippen molar-refractivity contribution < 1.29 is 19.0 Å². The Hall–Kier alpha value is -2.21. The van der Waals surface area contributed by atoms with Crippen molar-refractivity contribution in [3.8, 4) is 17.2 Å². The lowest BCUT2D eigenvalue weighted by Crippen LogP contribution is -2.48. The number of allylic oxidation sites excluding steroid dienone is 1. The first-order valence-electron chi connectivity index (χ1n) is 10.2. The van der Waals surface area contributed by atoms with Crippen molar-refractivity contribution in [2.24, 2.45) is 0 Å². The van der Waals surface area contributed by atoms with E-state index < -0.39 is 0 Å². The third-order valence-corrected chi connectivity index (χ3v) is 5.71. The highest BCUT2D eigenvalue weighted by Crippen LogP contribution is 2.38. The number of ether oxygens (including phenoxy) is 3. The second-order valence-corrected chi connectivity index (χ2v) is 7.41. The average molecular weight is 389 g/mol. The maximum Gasteiger partial charge on any atom is 0.254 e. The highest BCUT2D eigenvalue weighted by Gasteiger charge is 2.24. The predicted molar refractivity (Wildman–Crippen MR) is 110 cm³/mol. The van der Waals surface area contributed by atoms with Gasteiger partial charge in [0, 0.05) is 38.3 Å². The van der Waals surface area contributed by atoms with E-state index in [4.69, 9.17) is 14.2 Å². The van der Waals surface area contributed by atoms with Gasteiger partial charge in [0.25, 0.3) is 5.91 Å². The molecule has 0 aromatic heterocycles. The van der Waals surface area contributed by atoms with Gasteiger partial charge in [0.1, 0.15) is 0 Å². The Morgan fingerprint density at radius 3 is 2.18 bits per heavy atom. The molecule has 2 aliphatic rings. The monoisotopic (exact) mass is 388 g/mol. The molecule has 0 radical (unpaired) electrons. The zero-order chi connectivity index (χ0) is 19.9. The average Bonchev–Trinajstić information content (AvgIpc) is 2.77. The molecule has 1 aromatic rings. The third kappa shape index (κ3) is 4.79. The van der Waals surface area contributed by atoms with Crippen LogP contribution in [0, 0.1) is 0 Å². The maximum atomic E-state index is 13.0. The van der Waals surface area contributed by atoms with E-state index in [-0.39, 0.29) is 5.91 Å². The molecule has 1 fully saturated rings. The second-order valence-electron chi connectivity index (χ2n) is 7.41. The van der Waals surface area contributed by atoms with Gasteiger partial charge in [-0.1, -0.05) is 11.6 Å². The molecule has 0 N–H and O–H groups in total. The summed E-state index contributed by atoms with van der Waals surface area (Å²) in [5.41, 5.74) is 2.18. The molecule has 1 aromatic carbocycles. The maximum absolute atomic E-state index is 13.0. The van der Waals surface area contributed by atoms with Crippen molar-refractivity contribution >= 4 is 5.91 Å². The van der Waals surface area contributed by atoms with E-state index >= 15 is 0 Å². The molecule has 0 unspecified atom stereocenters. The minimum absolute atomic E-state index is 0.00823. The number of benzene rings is 1. The summed E-state index contributed by atoms with van der Waals surface area (Å²) in [5, 5.41) is 0. The molecule has 0 saturated carbocycles. The summed E-state index contributed by atoms with van der Waals surface area (Å²) in [6.07, 6.45) is 8.77. The Kier molecular flexibility index (Phi) is 7.20. The van der Waals surface area contributed by atoms with E-state index in [0.717, 1.165) is 32.7 Å². The van der Waals surface area contributed by atoms with Gasteiger partial charge in [0.15, 0.2) is 11.5 Å². The van der Waals surface area contributed by atoms with Crippen molar-refractivity contribution in [1.82, 2.24) is 9.80 Å². The zero-order valence-corrected chi connectivity index (χ0v) is 17.3. The van der Waals surface area contributed by atoms with E-state index in [1.54, 1.807) is 39.0 Å². The van der Waals surface area contributed by atoms with Crippen LogP contribution in [0.2, 0.25) is 0 Å². The van der Waals surface area contributed by atoms with E-state index in [1.165, 1.54) is 32.1 Å². The van der Waals surface area contributed by atoms with Crippen LogP contribution in [0.15, 0.2) is 23.8 Å². The van der Waals surface area contributed by atoms with Gasteiger partial charge in [-0.05, 0) is 44.2 Å². The van der Waals surface area contributed by atoms with Crippen LogP contribution in [0.5, 0.6) is 17.2 Å². The van der Waals surface area contributed by atoms with Crippen LogP contribution in [0.25, 0.3) is 0 Å². The summed E-state index contributed by atoms with van der Waals surface area (Å²) in [6.45, 7) is 4.42. The molecule has 0 atom stereocenters. The molecular weight excluding hydrogens is 356 g/mol. The molecule has 0 spiro atoms. The van der Waals surface area contributed by atoms with Crippen molar-refractivity contribution in [3.63, 3.8) is 0 Å². The van der Waals surface area contributed by atoms with Gasteiger partial charge in [0.2, 0.25) is 5.75 Å². The standard InChI is InChI=1S/C22H32N2O4/c1-26-19-15-18(16-20(27-2)21(19)28-3)22(25)24-13-11-23(12-14-24)10-9-17-7-5-4-6-8-17/h7,15-16H,4-6,8-14H2,1-3H3. The van der Waals surface area contributed by atoms with Crippen LogP contribution < -0.4 is 14.2 Å². The number of hydrogen-bond donors (Lipinski definition) is 0. The summed E-state index contributed by atoms with van der Waals surface area (Å²) >= 11 is 0. The number of methoxy groups -OCH3 is 3.